The number of methoxy groups -OCH3 is 1. The smallest absolute Gasteiger partial charge is 0.265 e. The van der Waals surface area contributed by atoms with Crippen LogP contribution in [0.4, 0.5) is 0 Å². The molecule has 0 aliphatic rings. The summed E-state index contributed by atoms with van der Waals surface area (Å²) in [6.07, 6.45) is 2.78. The lowest BCUT2D eigenvalue weighted by atomic mass is 10.1. The molecule has 0 radical (unpaired) electrons. The fourth-order valence-electron chi connectivity index (χ4n) is 1.88. The van der Waals surface area contributed by atoms with Crippen molar-refractivity contribution in [2.75, 3.05) is 7.11 Å². The van der Waals surface area contributed by atoms with Crippen LogP contribution in [0.3, 0.4) is 0 Å². The minimum Gasteiger partial charge on any atom is -0.481 e. The van der Waals surface area contributed by atoms with Crippen molar-refractivity contribution in [3.05, 3.63) is 63.6 Å². The summed E-state index contributed by atoms with van der Waals surface area (Å²) in [5.41, 5.74) is 1.37. The molecule has 0 fully saturated rings. The van der Waals surface area contributed by atoms with E-state index < -0.39 is 15.9 Å². The van der Waals surface area contributed by atoms with Gasteiger partial charge in [-0.2, -0.15) is 0 Å². The van der Waals surface area contributed by atoms with Crippen molar-refractivity contribution in [2.24, 2.45) is 0 Å². The van der Waals surface area contributed by atoms with Crippen LogP contribution in [-0.4, -0.2) is 26.4 Å². The number of sulfonamides is 1. The summed E-state index contributed by atoms with van der Waals surface area (Å²) in [5, 5.41) is 1.37. The summed E-state index contributed by atoms with van der Waals surface area (Å²) >= 11 is 5.82. The van der Waals surface area contributed by atoms with Crippen molar-refractivity contribution in [3.8, 4) is 5.88 Å². The van der Waals surface area contributed by atoms with E-state index in [0.717, 1.165) is 5.41 Å². The summed E-state index contributed by atoms with van der Waals surface area (Å²) in [4.78, 5) is 16.0. The van der Waals surface area contributed by atoms with E-state index in [1.54, 1.807) is 25.1 Å². The van der Waals surface area contributed by atoms with E-state index >= 15 is 0 Å². The molecule has 2 rings (SSSR count). The first-order valence-electron chi connectivity index (χ1n) is 6.82. The first-order chi connectivity index (χ1) is 11.3. The maximum Gasteiger partial charge on any atom is 0.265 e. The number of benzene rings is 1. The van der Waals surface area contributed by atoms with E-state index in [9.17, 15) is 13.2 Å². The van der Waals surface area contributed by atoms with Crippen molar-refractivity contribution < 1.29 is 17.9 Å². The first-order valence-corrected chi connectivity index (χ1v) is 8.74. The largest absolute Gasteiger partial charge is 0.481 e. The van der Waals surface area contributed by atoms with Gasteiger partial charge in [0.15, 0.2) is 0 Å². The number of hydrogen-bond donors (Lipinski definition) is 1. The highest BCUT2D eigenvalue weighted by atomic mass is 35.5. The highest BCUT2D eigenvalue weighted by Gasteiger charge is 2.15. The van der Waals surface area contributed by atoms with Gasteiger partial charge in [-0.15, -0.1) is 0 Å². The molecule has 0 unspecified atom stereocenters. The monoisotopic (exact) mass is 366 g/mol. The number of carbonyl (C=O) groups is 1. The summed E-state index contributed by atoms with van der Waals surface area (Å²) < 4.78 is 30.9. The van der Waals surface area contributed by atoms with E-state index in [-0.39, 0.29) is 5.56 Å². The van der Waals surface area contributed by atoms with Crippen LogP contribution in [0.1, 0.15) is 21.5 Å². The quantitative estimate of drug-likeness (QED) is 0.879. The van der Waals surface area contributed by atoms with E-state index in [1.165, 1.54) is 31.5 Å². The Labute approximate surface area is 145 Å². The Kier molecular flexibility index (Phi) is 5.58. The number of aryl methyl sites for hydroxylation is 1. The van der Waals surface area contributed by atoms with E-state index in [0.29, 0.717) is 22.0 Å². The molecule has 1 N–H and O–H groups in total. The van der Waals surface area contributed by atoms with Crippen molar-refractivity contribution >= 4 is 33.6 Å². The third-order valence-corrected chi connectivity index (χ3v) is 4.28. The number of amides is 1. The third-order valence-electron chi connectivity index (χ3n) is 3.08. The molecule has 0 bridgehead atoms. The van der Waals surface area contributed by atoms with Crippen LogP contribution in [-0.2, 0) is 10.0 Å². The van der Waals surface area contributed by atoms with Gasteiger partial charge in [-0.1, -0.05) is 11.6 Å². The van der Waals surface area contributed by atoms with Gasteiger partial charge >= 0.3 is 0 Å². The predicted molar refractivity (Wildman–Crippen MR) is 92.4 cm³/mol. The first kappa shape index (κ1) is 18.0. The molecule has 1 heterocycles. The Morgan fingerprint density at radius 1 is 1.29 bits per heavy atom. The number of pyridine rings is 1. The Bertz CT molecular complexity index is 877. The van der Waals surface area contributed by atoms with Gasteiger partial charge in [0.2, 0.25) is 5.88 Å². The SMILES string of the molecule is COc1ccc(/C=C/S(=O)(=O)NC(=O)c2ccc(Cl)cc2C)cn1. The molecule has 0 aliphatic heterocycles. The van der Waals surface area contributed by atoms with Gasteiger partial charge in [0, 0.05) is 22.8 Å². The molecule has 126 valence electrons. The van der Waals surface area contributed by atoms with Gasteiger partial charge in [-0.25, -0.2) is 18.1 Å². The van der Waals surface area contributed by atoms with Crippen molar-refractivity contribution in [1.29, 1.82) is 0 Å². The topological polar surface area (TPSA) is 85.4 Å². The summed E-state index contributed by atoms with van der Waals surface area (Å²) in [6, 6.07) is 7.82. The van der Waals surface area contributed by atoms with Crippen molar-refractivity contribution in [3.63, 3.8) is 0 Å². The standard InChI is InChI=1S/C16H15ClN2O4S/c1-11-9-13(17)4-5-14(11)16(20)19-24(21,22)8-7-12-3-6-15(23-2)18-10-12/h3-10H,1-2H3,(H,19,20)/b8-7+. The third kappa shape index (κ3) is 4.81. The van der Waals surface area contributed by atoms with Crippen LogP contribution in [0.2, 0.25) is 5.02 Å². The average Bonchev–Trinajstić information content (AvgIpc) is 2.53. The highest BCUT2D eigenvalue weighted by Crippen LogP contribution is 2.15. The second-order valence-corrected chi connectivity index (χ2v) is 6.87. The lowest BCUT2D eigenvalue weighted by Gasteiger charge is -2.06. The molecule has 24 heavy (non-hydrogen) atoms. The molecule has 1 amide bonds. The summed E-state index contributed by atoms with van der Waals surface area (Å²) in [6.45, 7) is 1.67. The normalized spacial score (nSPS) is 11.5. The highest BCUT2D eigenvalue weighted by molar-refractivity contribution is 7.93. The minimum absolute atomic E-state index is 0.238. The number of ether oxygens (including phenoxy) is 1. The van der Waals surface area contributed by atoms with Crippen LogP contribution < -0.4 is 9.46 Å². The van der Waals surface area contributed by atoms with Crippen molar-refractivity contribution in [2.45, 2.75) is 6.92 Å². The van der Waals surface area contributed by atoms with Crippen LogP contribution >= 0.6 is 11.6 Å². The molecule has 8 heteroatoms. The predicted octanol–water partition coefficient (Wildman–Crippen LogP) is 2.78. The Morgan fingerprint density at radius 3 is 2.62 bits per heavy atom. The lowest BCUT2D eigenvalue weighted by Crippen LogP contribution is -2.29. The average molecular weight is 367 g/mol. The van der Waals surface area contributed by atoms with E-state index in [4.69, 9.17) is 16.3 Å². The summed E-state index contributed by atoms with van der Waals surface area (Å²) in [7, 11) is -2.46. The number of hydrogen-bond acceptors (Lipinski definition) is 5. The van der Waals surface area contributed by atoms with Crippen LogP contribution in [0.5, 0.6) is 5.88 Å². The molecule has 0 saturated carbocycles. The second-order valence-electron chi connectivity index (χ2n) is 4.87. The van der Waals surface area contributed by atoms with Gasteiger partial charge in [0.25, 0.3) is 15.9 Å². The Balaban J connectivity index is 2.12. The maximum absolute atomic E-state index is 12.1. The molecule has 1 aromatic heterocycles. The fourth-order valence-corrected chi connectivity index (χ4v) is 2.88. The molecule has 0 atom stereocenters. The molecule has 0 saturated heterocycles. The van der Waals surface area contributed by atoms with Crippen LogP contribution in [0, 0.1) is 6.92 Å². The lowest BCUT2D eigenvalue weighted by molar-refractivity contribution is 0.0981. The summed E-state index contributed by atoms with van der Waals surface area (Å²) in [5.74, 6) is -0.303. The Morgan fingerprint density at radius 2 is 2.04 bits per heavy atom. The Hall–Kier alpha value is -2.38. The molecule has 1 aromatic carbocycles. The second kappa shape index (κ2) is 7.46. The van der Waals surface area contributed by atoms with Crippen LogP contribution in [0.25, 0.3) is 6.08 Å². The zero-order valence-corrected chi connectivity index (χ0v) is 14.6. The molecular formula is C16H15ClN2O4S. The number of nitrogens with one attached hydrogen (secondary N) is 1. The molecular weight excluding hydrogens is 352 g/mol. The maximum atomic E-state index is 12.1. The fraction of sp³-hybridized carbons (Fsp3) is 0.125. The number of rotatable bonds is 5. The molecule has 6 nitrogen and oxygen atoms in total. The zero-order valence-electron chi connectivity index (χ0n) is 13.0. The number of aromatic nitrogens is 1. The van der Waals surface area contributed by atoms with E-state index in [1.807, 2.05) is 4.72 Å². The van der Waals surface area contributed by atoms with E-state index in [2.05, 4.69) is 4.98 Å². The molecule has 0 spiro atoms. The van der Waals surface area contributed by atoms with Gasteiger partial charge in [0.05, 0.1) is 12.5 Å². The number of halogens is 1. The molecule has 2 aromatic rings. The number of nitrogens with zero attached hydrogens (tertiary/aromatic N) is 1. The number of carbonyl (C=O) groups excluding carboxylic acids is 1. The minimum atomic E-state index is -3.94. The van der Waals surface area contributed by atoms with Gasteiger partial charge in [0.1, 0.15) is 0 Å². The van der Waals surface area contributed by atoms with Crippen LogP contribution in [0.15, 0.2) is 41.9 Å². The zero-order chi connectivity index (χ0) is 17.7. The van der Waals surface area contributed by atoms with Crippen molar-refractivity contribution in [1.82, 2.24) is 9.71 Å². The van der Waals surface area contributed by atoms with Gasteiger partial charge in [-0.3, -0.25) is 4.79 Å². The van der Waals surface area contributed by atoms with Gasteiger partial charge < -0.3 is 4.74 Å². The van der Waals surface area contributed by atoms with Gasteiger partial charge in [-0.05, 0) is 48.4 Å². The molecule has 0 aliphatic carbocycles.